The highest BCUT2D eigenvalue weighted by molar-refractivity contribution is 7.88. The zero-order valence-electron chi connectivity index (χ0n) is 17.2. The maximum Gasteiger partial charge on any atom is 0.235 e. The Hall–Kier alpha value is -2.45. The number of hydrogen-bond acceptors (Lipinski definition) is 4. The second-order valence-corrected chi connectivity index (χ2v) is 9.60. The number of nitrogens with one attached hydrogen (secondary N) is 1. The smallest absolute Gasteiger partial charge is 0.235 e. The first-order valence-corrected chi connectivity index (χ1v) is 12.0. The van der Waals surface area contributed by atoms with Crippen molar-refractivity contribution < 1.29 is 17.6 Å². The molecule has 0 radical (unpaired) electrons. The van der Waals surface area contributed by atoms with Crippen LogP contribution in [0, 0.1) is 5.82 Å². The average Bonchev–Trinajstić information content (AvgIpc) is 2.73. The summed E-state index contributed by atoms with van der Waals surface area (Å²) in [6, 6.07) is 14.0. The van der Waals surface area contributed by atoms with Crippen molar-refractivity contribution in [2.45, 2.75) is 32.4 Å². The zero-order valence-corrected chi connectivity index (χ0v) is 18.0. The maximum absolute atomic E-state index is 13.9. The van der Waals surface area contributed by atoms with E-state index in [4.69, 9.17) is 0 Å². The van der Waals surface area contributed by atoms with Crippen LogP contribution in [0.15, 0.2) is 48.5 Å². The molecular formula is C22H28FN3O3S. The second kappa shape index (κ2) is 10.0. The number of amides is 1. The van der Waals surface area contributed by atoms with E-state index in [1.54, 1.807) is 6.07 Å². The minimum atomic E-state index is -3.68. The molecule has 1 heterocycles. The Balaban J connectivity index is 1.55. The molecular weight excluding hydrogens is 405 g/mol. The number of carbonyl (C=O) groups excluding carboxylic acids is 1. The van der Waals surface area contributed by atoms with Gasteiger partial charge in [-0.15, -0.1) is 0 Å². The molecule has 3 rings (SSSR count). The number of halogens is 1. The Labute approximate surface area is 177 Å². The predicted octanol–water partition coefficient (Wildman–Crippen LogP) is 2.89. The van der Waals surface area contributed by atoms with Crippen LogP contribution in [-0.4, -0.2) is 44.5 Å². The topological polar surface area (TPSA) is 69.7 Å². The molecule has 1 aliphatic heterocycles. The van der Waals surface area contributed by atoms with Crippen LogP contribution in [0.25, 0.3) is 0 Å². The highest BCUT2D eigenvalue weighted by Crippen LogP contribution is 2.20. The van der Waals surface area contributed by atoms with Crippen molar-refractivity contribution in [2.75, 3.05) is 30.8 Å². The summed E-state index contributed by atoms with van der Waals surface area (Å²) in [6.45, 7) is 1.89. The Morgan fingerprint density at radius 2 is 1.73 bits per heavy atom. The quantitative estimate of drug-likeness (QED) is 0.695. The Morgan fingerprint density at radius 3 is 2.37 bits per heavy atom. The van der Waals surface area contributed by atoms with Crippen molar-refractivity contribution in [2.24, 2.45) is 0 Å². The van der Waals surface area contributed by atoms with Crippen molar-refractivity contribution >= 4 is 21.6 Å². The first-order chi connectivity index (χ1) is 14.3. The number of anilines is 1. The molecule has 6 nitrogen and oxygen atoms in total. The molecule has 2 aromatic carbocycles. The summed E-state index contributed by atoms with van der Waals surface area (Å²) in [4.78, 5) is 14.7. The third-order valence-corrected chi connectivity index (χ3v) is 6.44. The van der Waals surface area contributed by atoms with E-state index < -0.39 is 21.7 Å². The minimum Gasteiger partial charge on any atom is -0.372 e. The number of piperidine rings is 1. The van der Waals surface area contributed by atoms with Crippen molar-refractivity contribution in [1.29, 1.82) is 0 Å². The monoisotopic (exact) mass is 433 g/mol. The molecule has 0 saturated carbocycles. The molecule has 1 amide bonds. The fourth-order valence-electron chi connectivity index (χ4n) is 3.50. The molecule has 1 aliphatic rings. The van der Waals surface area contributed by atoms with Gasteiger partial charge in [-0.3, -0.25) is 4.79 Å². The van der Waals surface area contributed by atoms with E-state index in [1.165, 1.54) is 43.1 Å². The van der Waals surface area contributed by atoms with Gasteiger partial charge in [0.2, 0.25) is 15.9 Å². The van der Waals surface area contributed by atoms with E-state index in [0.717, 1.165) is 29.2 Å². The number of nitrogens with zero attached hydrogens (tertiary/aromatic N) is 2. The van der Waals surface area contributed by atoms with E-state index in [1.807, 2.05) is 24.3 Å². The molecule has 8 heteroatoms. The molecule has 0 atom stereocenters. The van der Waals surface area contributed by atoms with Crippen LogP contribution in [-0.2, 0) is 27.9 Å². The SMILES string of the molecule is CS(=O)(=O)N(CC(=O)NCc1ccc(N2CCCCC2)cc1)Cc1ccccc1F. The summed E-state index contributed by atoms with van der Waals surface area (Å²) in [7, 11) is -3.68. The van der Waals surface area contributed by atoms with Crippen LogP contribution in [0.5, 0.6) is 0 Å². The van der Waals surface area contributed by atoms with Gasteiger partial charge in [0.25, 0.3) is 0 Å². The second-order valence-electron chi connectivity index (χ2n) is 7.61. The molecule has 1 fully saturated rings. The first-order valence-electron chi connectivity index (χ1n) is 10.1. The Kier molecular flexibility index (Phi) is 7.44. The first kappa shape index (κ1) is 22.2. The van der Waals surface area contributed by atoms with Crippen LogP contribution in [0.3, 0.4) is 0 Å². The third-order valence-electron chi connectivity index (χ3n) is 5.24. The number of sulfonamides is 1. The number of hydrogen-bond donors (Lipinski definition) is 1. The summed E-state index contributed by atoms with van der Waals surface area (Å²) in [5.74, 6) is -0.933. The highest BCUT2D eigenvalue weighted by Gasteiger charge is 2.21. The summed E-state index contributed by atoms with van der Waals surface area (Å²) in [5.41, 5.74) is 2.34. The van der Waals surface area contributed by atoms with Gasteiger partial charge in [-0.1, -0.05) is 30.3 Å². The third kappa shape index (κ3) is 6.27. The number of carbonyl (C=O) groups is 1. The van der Waals surface area contributed by atoms with E-state index in [0.29, 0.717) is 6.54 Å². The molecule has 0 spiro atoms. The lowest BCUT2D eigenvalue weighted by atomic mass is 10.1. The molecule has 0 bridgehead atoms. The Bertz CT molecular complexity index is 958. The molecule has 0 aliphatic carbocycles. The van der Waals surface area contributed by atoms with Crippen molar-refractivity contribution in [3.8, 4) is 0 Å². The Morgan fingerprint density at radius 1 is 1.07 bits per heavy atom. The van der Waals surface area contributed by atoms with Gasteiger partial charge >= 0.3 is 0 Å². The zero-order chi connectivity index (χ0) is 21.6. The lowest BCUT2D eigenvalue weighted by molar-refractivity contribution is -0.121. The standard InChI is InChI=1S/C22H28FN3O3S/c1-30(28,29)26(16-19-7-3-4-8-21(19)23)17-22(27)24-15-18-9-11-20(12-10-18)25-13-5-2-6-14-25/h3-4,7-12H,2,5-6,13-17H2,1H3,(H,24,27). The molecule has 2 aromatic rings. The van der Waals surface area contributed by atoms with Crippen LogP contribution >= 0.6 is 0 Å². The van der Waals surface area contributed by atoms with E-state index >= 15 is 0 Å². The van der Waals surface area contributed by atoms with E-state index in [-0.39, 0.29) is 18.7 Å². The lowest BCUT2D eigenvalue weighted by Crippen LogP contribution is -2.39. The van der Waals surface area contributed by atoms with Gasteiger partial charge in [0.1, 0.15) is 5.82 Å². The fraction of sp³-hybridized carbons (Fsp3) is 0.409. The molecule has 1 saturated heterocycles. The van der Waals surface area contributed by atoms with Crippen LogP contribution in [0.2, 0.25) is 0 Å². The van der Waals surface area contributed by atoms with Crippen molar-refractivity contribution in [1.82, 2.24) is 9.62 Å². The van der Waals surface area contributed by atoms with Gasteiger partial charge in [-0.05, 0) is 43.0 Å². The fourth-order valence-corrected chi connectivity index (χ4v) is 4.23. The molecule has 1 N–H and O–H groups in total. The van der Waals surface area contributed by atoms with Gasteiger partial charge in [-0.2, -0.15) is 4.31 Å². The molecule has 30 heavy (non-hydrogen) atoms. The van der Waals surface area contributed by atoms with E-state index in [2.05, 4.69) is 10.2 Å². The van der Waals surface area contributed by atoms with Gasteiger partial charge in [0, 0.05) is 37.4 Å². The minimum absolute atomic E-state index is 0.191. The summed E-state index contributed by atoms with van der Waals surface area (Å²) in [6.07, 6.45) is 4.71. The van der Waals surface area contributed by atoms with Gasteiger partial charge in [0.15, 0.2) is 0 Å². The summed E-state index contributed by atoms with van der Waals surface area (Å²) in [5, 5.41) is 2.75. The summed E-state index contributed by atoms with van der Waals surface area (Å²) < 4.78 is 39.0. The van der Waals surface area contributed by atoms with Crippen LogP contribution in [0.1, 0.15) is 30.4 Å². The molecule has 0 aromatic heterocycles. The lowest BCUT2D eigenvalue weighted by Gasteiger charge is -2.28. The van der Waals surface area contributed by atoms with Crippen molar-refractivity contribution in [3.63, 3.8) is 0 Å². The normalized spacial score (nSPS) is 14.7. The number of benzene rings is 2. The van der Waals surface area contributed by atoms with Gasteiger partial charge < -0.3 is 10.2 Å². The predicted molar refractivity (Wildman–Crippen MR) is 116 cm³/mol. The largest absolute Gasteiger partial charge is 0.372 e. The van der Waals surface area contributed by atoms with Gasteiger partial charge in [0.05, 0.1) is 12.8 Å². The van der Waals surface area contributed by atoms with E-state index in [9.17, 15) is 17.6 Å². The highest BCUT2D eigenvalue weighted by atomic mass is 32.2. The summed E-state index contributed by atoms with van der Waals surface area (Å²) >= 11 is 0. The molecule has 0 unspecified atom stereocenters. The molecule has 162 valence electrons. The van der Waals surface area contributed by atoms with Gasteiger partial charge in [-0.25, -0.2) is 12.8 Å². The average molecular weight is 434 g/mol. The van der Waals surface area contributed by atoms with Crippen LogP contribution in [0.4, 0.5) is 10.1 Å². The number of rotatable bonds is 8. The maximum atomic E-state index is 13.9. The van der Waals surface area contributed by atoms with Crippen LogP contribution < -0.4 is 10.2 Å². The van der Waals surface area contributed by atoms with Crippen molar-refractivity contribution in [3.05, 3.63) is 65.5 Å².